The second-order valence-electron chi connectivity index (χ2n) is 5.69. The summed E-state index contributed by atoms with van der Waals surface area (Å²) in [5.74, 6) is 1.07. The van der Waals surface area contributed by atoms with Gasteiger partial charge in [0.15, 0.2) is 0 Å². The second kappa shape index (κ2) is 6.16. The molecule has 1 aromatic rings. The molecule has 1 aromatic carbocycles. The number of carbonyl (C=O) groups excluding carboxylic acids is 1. The predicted octanol–water partition coefficient (Wildman–Crippen LogP) is 3.32. The van der Waals surface area contributed by atoms with Gasteiger partial charge in [-0.15, -0.1) is 0 Å². The molecule has 0 radical (unpaired) electrons. The summed E-state index contributed by atoms with van der Waals surface area (Å²) >= 11 is 0. The van der Waals surface area contributed by atoms with Gasteiger partial charge in [0.05, 0.1) is 18.8 Å². The number of nitrogen functional groups attached to an aromatic ring is 1. The quantitative estimate of drug-likeness (QED) is 0.680. The van der Waals surface area contributed by atoms with Gasteiger partial charge in [-0.3, -0.25) is 0 Å². The third kappa shape index (κ3) is 3.24. The molecule has 1 saturated carbocycles. The highest BCUT2D eigenvalue weighted by Crippen LogP contribution is 2.30. The molecule has 0 aromatic heterocycles. The molecular weight excluding hydrogens is 254 g/mol. The molecule has 0 atom stereocenters. The van der Waals surface area contributed by atoms with Crippen LogP contribution in [0.5, 0.6) is 5.75 Å². The van der Waals surface area contributed by atoms with Crippen LogP contribution in [0.1, 0.15) is 48.5 Å². The number of carbonyl (C=O) groups is 1. The van der Waals surface area contributed by atoms with Crippen LogP contribution in [-0.2, 0) is 4.74 Å². The van der Waals surface area contributed by atoms with Gasteiger partial charge in [-0.05, 0) is 56.2 Å². The molecule has 0 aliphatic heterocycles. The zero-order valence-electron chi connectivity index (χ0n) is 12.4. The van der Waals surface area contributed by atoms with Crippen LogP contribution in [-0.4, -0.2) is 19.2 Å². The Hall–Kier alpha value is -1.71. The second-order valence-corrected chi connectivity index (χ2v) is 5.69. The molecule has 0 saturated heterocycles. The summed E-state index contributed by atoms with van der Waals surface area (Å²) in [6, 6.07) is 3.58. The molecule has 2 N–H and O–H groups in total. The van der Waals surface area contributed by atoms with Gasteiger partial charge in [0.1, 0.15) is 5.75 Å². The minimum absolute atomic E-state index is 0.236. The first-order valence-corrected chi connectivity index (χ1v) is 7.16. The van der Waals surface area contributed by atoms with E-state index in [-0.39, 0.29) is 6.10 Å². The van der Waals surface area contributed by atoms with Crippen molar-refractivity contribution in [1.82, 2.24) is 0 Å². The molecule has 1 aliphatic rings. The molecule has 1 aliphatic carbocycles. The number of hydrogen-bond donors (Lipinski definition) is 1. The van der Waals surface area contributed by atoms with E-state index in [1.807, 2.05) is 13.0 Å². The zero-order valence-corrected chi connectivity index (χ0v) is 12.4. The van der Waals surface area contributed by atoms with Gasteiger partial charge in [0.2, 0.25) is 0 Å². The fraction of sp³-hybridized carbons (Fsp3) is 0.562. The van der Waals surface area contributed by atoms with Crippen LogP contribution in [0.15, 0.2) is 12.1 Å². The average molecular weight is 277 g/mol. The summed E-state index contributed by atoms with van der Waals surface area (Å²) in [5, 5.41) is 0. The van der Waals surface area contributed by atoms with Crippen LogP contribution in [0.25, 0.3) is 0 Å². The molecule has 1 fully saturated rings. The maximum absolute atomic E-state index is 11.7. The molecule has 4 nitrogen and oxygen atoms in total. The van der Waals surface area contributed by atoms with E-state index in [1.165, 1.54) is 20.0 Å². The number of ether oxygens (including phenoxy) is 2. The standard InChI is InChI=1S/C16H23NO3/c1-10-4-6-12(7-5-10)20-13-8-11(2)15(17)14(9-13)16(18)19-3/h8-10,12H,4-7,17H2,1-3H3. The Morgan fingerprint density at radius 2 is 1.90 bits per heavy atom. The van der Waals surface area contributed by atoms with Crippen molar-refractivity contribution in [3.05, 3.63) is 23.3 Å². The normalized spacial score (nSPS) is 22.4. The third-order valence-electron chi connectivity index (χ3n) is 4.03. The molecule has 2 rings (SSSR count). The summed E-state index contributed by atoms with van der Waals surface area (Å²) in [6.07, 6.45) is 4.76. The molecule has 0 spiro atoms. The van der Waals surface area contributed by atoms with Crippen LogP contribution >= 0.6 is 0 Å². The van der Waals surface area contributed by atoms with Crippen molar-refractivity contribution in [2.24, 2.45) is 5.92 Å². The summed E-state index contributed by atoms with van der Waals surface area (Å²) in [4.78, 5) is 11.7. The number of esters is 1. The van der Waals surface area contributed by atoms with Crippen LogP contribution in [0.4, 0.5) is 5.69 Å². The molecule has 0 bridgehead atoms. The first kappa shape index (κ1) is 14.7. The van der Waals surface area contributed by atoms with Gasteiger partial charge in [0.25, 0.3) is 0 Å². The number of nitrogens with two attached hydrogens (primary N) is 1. The number of hydrogen-bond acceptors (Lipinski definition) is 4. The lowest BCUT2D eigenvalue weighted by molar-refractivity contribution is 0.0600. The van der Waals surface area contributed by atoms with Gasteiger partial charge in [-0.25, -0.2) is 4.79 Å². The van der Waals surface area contributed by atoms with E-state index in [2.05, 4.69) is 6.92 Å². The largest absolute Gasteiger partial charge is 0.490 e. The Bertz CT molecular complexity index is 491. The zero-order chi connectivity index (χ0) is 14.7. The lowest BCUT2D eigenvalue weighted by Gasteiger charge is -2.27. The first-order valence-electron chi connectivity index (χ1n) is 7.16. The van der Waals surface area contributed by atoms with Crippen LogP contribution < -0.4 is 10.5 Å². The van der Waals surface area contributed by atoms with Gasteiger partial charge >= 0.3 is 5.97 Å². The van der Waals surface area contributed by atoms with Gasteiger partial charge in [-0.1, -0.05) is 6.92 Å². The van der Waals surface area contributed by atoms with Crippen LogP contribution in [0.2, 0.25) is 0 Å². The van der Waals surface area contributed by atoms with Gasteiger partial charge in [-0.2, -0.15) is 0 Å². The number of aryl methyl sites for hydroxylation is 1. The molecule has 110 valence electrons. The summed E-state index contributed by atoms with van der Waals surface area (Å²) < 4.78 is 10.8. The summed E-state index contributed by atoms with van der Waals surface area (Å²) in [6.45, 7) is 4.15. The molecular formula is C16H23NO3. The van der Waals surface area contributed by atoms with Gasteiger partial charge < -0.3 is 15.2 Å². The minimum atomic E-state index is -0.423. The number of benzene rings is 1. The third-order valence-corrected chi connectivity index (χ3v) is 4.03. The van der Waals surface area contributed by atoms with Crippen molar-refractivity contribution in [2.45, 2.75) is 45.6 Å². The topological polar surface area (TPSA) is 61.5 Å². The average Bonchev–Trinajstić information content (AvgIpc) is 2.44. The lowest BCUT2D eigenvalue weighted by Crippen LogP contribution is -2.23. The monoisotopic (exact) mass is 277 g/mol. The van der Waals surface area contributed by atoms with Crippen molar-refractivity contribution >= 4 is 11.7 Å². The SMILES string of the molecule is COC(=O)c1cc(OC2CCC(C)CC2)cc(C)c1N. The molecule has 20 heavy (non-hydrogen) atoms. The van der Waals surface area contributed by atoms with E-state index in [4.69, 9.17) is 15.2 Å². The lowest BCUT2D eigenvalue weighted by atomic mass is 9.89. The van der Waals surface area contributed by atoms with E-state index in [0.29, 0.717) is 17.0 Å². The maximum atomic E-state index is 11.7. The van der Waals surface area contributed by atoms with Crippen molar-refractivity contribution in [1.29, 1.82) is 0 Å². The molecule has 0 amide bonds. The van der Waals surface area contributed by atoms with Crippen LogP contribution in [0.3, 0.4) is 0 Å². The highest BCUT2D eigenvalue weighted by molar-refractivity contribution is 5.96. The minimum Gasteiger partial charge on any atom is -0.490 e. The Morgan fingerprint density at radius 3 is 2.50 bits per heavy atom. The van der Waals surface area contributed by atoms with E-state index in [9.17, 15) is 4.79 Å². The highest BCUT2D eigenvalue weighted by Gasteiger charge is 2.21. The summed E-state index contributed by atoms with van der Waals surface area (Å²) in [7, 11) is 1.35. The van der Waals surface area contributed by atoms with E-state index < -0.39 is 5.97 Å². The first-order chi connectivity index (χ1) is 9.51. The number of methoxy groups -OCH3 is 1. The molecule has 0 unspecified atom stereocenters. The molecule has 4 heteroatoms. The smallest absolute Gasteiger partial charge is 0.340 e. The van der Waals surface area contributed by atoms with E-state index in [0.717, 1.165) is 24.3 Å². The van der Waals surface area contributed by atoms with Crippen molar-refractivity contribution in [3.63, 3.8) is 0 Å². The van der Waals surface area contributed by atoms with Gasteiger partial charge in [0, 0.05) is 5.69 Å². The van der Waals surface area contributed by atoms with Crippen molar-refractivity contribution in [2.75, 3.05) is 12.8 Å². The molecule has 0 heterocycles. The fourth-order valence-corrected chi connectivity index (χ4v) is 2.65. The predicted molar refractivity (Wildman–Crippen MR) is 79.0 cm³/mol. The fourth-order valence-electron chi connectivity index (χ4n) is 2.65. The van der Waals surface area contributed by atoms with Crippen molar-refractivity contribution < 1.29 is 14.3 Å². The van der Waals surface area contributed by atoms with Crippen molar-refractivity contribution in [3.8, 4) is 5.75 Å². The number of rotatable bonds is 3. The maximum Gasteiger partial charge on any atom is 0.340 e. The Morgan fingerprint density at radius 1 is 1.25 bits per heavy atom. The van der Waals surface area contributed by atoms with E-state index >= 15 is 0 Å². The summed E-state index contributed by atoms with van der Waals surface area (Å²) in [5.41, 5.74) is 7.60. The number of anilines is 1. The van der Waals surface area contributed by atoms with E-state index in [1.54, 1.807) is 6.07 Å². The Balaban J connectivity index is 2.16. The van der Waals surface area contributed by atoms with Crippen LogP contribution in [0, 0.1) is 12.8 Å². The Kier molecular flexibility index (Phi) is 4.53. The Labute approximate surface area is 120 Å². The highest BCUT2D eigenvalue weighted by atomic mass is 16.5.